The Bertz CT molecular complexity index is 556. The zero-order chi connectivity index (χ0) is 15.0. The van der Waals surface area contributed by atoms with Gasteiger partial charge in [0.05, 0.1) is 30.7 Å². The molecule has 2 heterocycles. The summed E-state index contributed by atoms with van der Waals surface area (Å²) >= 11 is 0. The Hall–Kier alpha value is -1.92. The first-order valence-electron chi connectivity index (χ1n) is 6.99. The Labute approximate surface area is 121 Å². The van der Waals surface area contributed by atoms with Crippen LogP contribution >= 0.6 is 0 Å². The molecule has 4 atom stereocenters. The van der Waals surface area contributed by atoms with Crippen molar-refractivity contribution in [3.63, 3.8) is 0 Å². The molecule has 6 heteroatoms. The van der Waals surface area contributed by atoms with Crippen LogP contribution in [0, 0.1) is 11.8 Å². The lowest BCUT2D eigenvalue weighted by atomic mass is 9.78. The summed E-state index contributed by atoms with van der Waals surface area (Å²) in [5, 5.41) is 21.0. The fraction of sp³-hybridized carbons (Fsp3) is 0.467. The van der Waals surface area contributed by atoms with E-state index in [2.05, 4.69) is 5.32 Å². The third kappa shape index (κ3) is 2.52. The van der Waals surface area contributed by atoms with E-state index in [4.69, 9.17) is 9.84 Å². The molecule has 2 fully saturated rings. The lowest BCUT2D eigenvalue weighted by Crippen LogP contribution is -2.40. The van der Waals surface area contributed by atoms with Crippen molar-refractivity contribution in [2.24, 2.45) is 11.8 Å². The highest BCUT2D eigenvalue weighted by molar-refractivity contribution is 5.96. The molecule has 6 nitrogen and oxygen atoms in total. The zero-order valence-corrected chi connectivity index (χ0v) is 11.4. The quantitative estimate of drug-likeness (QED) is 0.769. The Morgan fingerprint density at radius 1 is 1.14 bits per heavy atom. The third-order valence-corrected chi connectivity index (χ3v) is 4.27. The number of carboxylic acids is 1. The van der Waals surface area contributed by atoms with Gasteiger partial charge in [-0.25, -0.2) is 0 Å². The molecule has 3 N–H and O–H groups in total. The predicted octanol–water partition coefficient (Wildman–Crippen LogP) is 0.996. The van der Waals surface area contributed by atoms with Gasteiger partial charge in [0.2, 0.25) is 5.91 Å². The fourth-order valence-corrected chi connectivity index (χ4v) is 3.24. The summed E-state index contributed by atoms with van der Waals surface area (Å²) in [5.41, 5.74) is 1.34. The minimum atomic E-state index is -0.974. The normalized spacial score (nSPS) is 30.3. The average molecular weight is 291 g/mol. The number of hydrogen-bond acceptors (Lipinski definition) is 4. The number of benzene rings is 1. The van der Waals surface area contributed by atoms with Gasteiger partial charge in [-0.15, -0.1) is 0 Å². The van der Waals surface area contributed by atoms with Crippen LogP contribution in [-0.4, -0.2) is 34.3 Å². The van der Waals surface area contributed by atoms with Crippen molar-refractivity contribution in [2.75, 3.05) is 5.32 Å². The molecule has 1 aromatic rings. The number of aliphatic carboxylic acids is 1. The number of anilines is 1. The van der Waals surface area contributed by atoms with E-state index in [0.29, 0.717) is 12.1 Å². The van der Waals surface area contributed by atoms with Crippen LogP contribution in [0.3, 0.4) is 0 Å². The summed E-state index contributed by atoms with van der Waals surface area (Å²) in [6.45, 7) is -0.0600. The second kappa shape index (κ2) is 5.46. The molecular weight excluding hydrogens is 274 g/mol. The van der Waals surface area contributed by atoms with Crippen LogP contribution in [0.1, 0.15) is 18.4 Å². The Morgan fingerprint density at radius 2 is 1.76 bits per heavy atom. The highest BCUT2D eigenvalue weighted by atomic mass is 16.5. The van der Waals surface area contributed by atoms with Gasteiger partial charge in [0.15, 0.2) is 0 Å². The standard InChI is InChI=1S/C15H17NO5/c17-7-8-1-3-9(4-2-8)16-14(18)12-10-5-6-11(21-10)13(12)15(19)20/h1-4,10-13,17H,5-7H2,(H,16,18)(H,19,20)/t10-,11+,12?,13?/m0/s1. The van der Waals surface area contributed by atoms with Gasteiger partial charge in [-0.1, -0.05) is 12.1 Å². The molecule has 2 aliphatic rings. The number of nitrogens with one attached hydrogen (secondary N) is 1. The van der Waals surface area contributed by atoms with Crippen LogP contribution < -0.4 is 5.32 Å². The van der Waals surface area contributed by atoms with Gasteiger partial charge < -0.3 is 20.3 Å². The van der Waals surface area contributed by atoms with Crippen molar-refractivity contribution < 1.29 is 24.5 Å². The Kier molecular flexibility index (Phi) is 3.65. The second-order valence-corrected chi connectivity index (χ2v) is 5.52. The van der Waals surface area contributed by atoms with Crippen LogP contribution in [0.5, 0.6) is 0 Å². The number of aliphatic hydroxyl groups is 1. The second-order valence-electron chi connectivity index (χ2n) is 5.52. The first-order chi connectivity index (χ1) is 10.1. The number of carbonyl (C=O) groups is 2. The fourth-order valence-electron chi connectivity index (χ4n) is 3.24. The minimum absolute atomic E-state index is 0.0600. The lowest BCUT2D eigenvalue weighted by Gasteiger charge is -2.23. The largest absolute Gasteiger partial charge is 0.481 e. The van der Waals surface area contributed by atoms with E-state index in [9.17, 15) is 14.7 Å². The van der Waals surface area contributed by atoms with Crippen molar-refractivity contribution in [2.45, 2.75) is 31.7 Å². The van der Waals surface area contributed by atoms with Gasteiger partial charge in [0.25, 0.3) is 0 Å². The summed E-state index contributed by atoms with van der Waals surface area (Å²) in [5.74, 6) is -2.69. The molecule has 2 saturated heterocycles. The summed E-state index contributed by atoms with van der Waals surface area (Å²) in [6.07, 6.45) is 0.792. The van der Waals surface area contributed by atoms with Crippen molar-refractivity contribution >= 4 is 17.6 Å². The van der Waals surface area contributed by atoms with Crippen LogP contribution in [0.2, 0.25) is 0 Å². The highest BCUT2D eigenvalue weighted by Gasteiger charge is 2.55. The van der Waals surface area contributed by atoms with E-state index < -0.39 is 17.8 Å². The van der Waals surface area contributed by atoms with Gasteiger partial charge in [-0.2, -0.15) is 0 Å². The minimum Gasteiger partial charge on any atom is -0.481 e. The van der Waals surface area contributed by atoms with E-state index in [1.807, 2.05) is 0 Å². The number of carboxylic acid groups (broad SMARTS) is 1. The summed E-state index contributed by atoms with van der Waals surface area (Å²) in [7, 11) is 0. The highest BCUT2D eigenvalue weighted by Crippen LogP contribution is 2.44. The molecule has 3 rings (SSSR count). The molecule has 112 valence electrons. The molecule has 0 aromatic heterocycles. The first kappa shape index (κ1) is 14.0. The monoisotopic (exact) mass is 291 g/mol. The van der Waals surface area contributed by atoms with Gasteiger partial charge in [0.1, 0.15) is 0 Å². The average Bonchev–Trinajstić information content (AvgIpc) is 3.08. The third-order valence-electron chi connectivity index (χ3n) is 4.27. The number of ether oxygens (including phenoxy) is 1. The topological polar surface area (TPSA) is 95.9 Å². The van der Waals surface area contributed by atoms with Gasteiger partial charge in [-0.05, 0) is 30.5 Å². The SMILES string of the molecule is O=C(Nc1ccc(CO)cc1)C1C(C(=O)O)[C@H]2CC[C@@H]1O2. The number of aliphatic hydroxyl groups excluding tert-OH is 1. The molecule has 2 aliphatic heterocycles. The van der Waals surface area contributed by atoms with Gasteiger partial charge >= 0.3 is 5.97 Å². The molecule has 1 aromatic carbocycles. The number of hydrogen-bond donors (Lipinski definition) is 3. The summed E-state index contributed by atoms with van der Waals surface area (Å²) < 4.78 is 5.58. The summed E-state index contributed by atoms with van der Waals surface area (Å²) in [6, 6.07) is 6.80. The Morgan fingerprint density at radius 3 is 2.33 bits per heavy atom. The van der Waals surface area contributed by atoms with E-state index in [-0.39, 0.29) is 24.7 Å². The van der Waals surface area contributed by atoms with Gasteiger partial charge in [-0.3, -0.25) is 9.59 Å². The molecule has 0 spiro atoms. The maximum Gasteiger partial charge on any atom is 0.310 e. The van der Waals surface area contributed by atoms with E-state index >= 15 is 0 Å². The molecule has 0 saturated carbocycles. The smallest absolute Gasteiger partial charge is 0.310 e. The molecule has 2 bridgehead atoms. The number of amides is 1. The van der Waals surface area contributed by atoms with Crippen molar-refractivity contribution in [1.82, 2.24) is 0 Å². The van der Waals surface area contributed by atoms with Crippen LogP contribution in [0.4, 0.5) is 5.69 Å². The van der Waals surface area contributed by atoms with Crippen LogP contribution in [-0.2, 0) is 20.9 Å². The molecule has 2 unspecified atom stereocenters. The van der Waals surface area contributed by atoms with Crippen molar-refractivity contribution in [3.05, 3.63) is 29.8 Å². The number of fused-ring (bicyclic) bond motifs is 2. The summed E-state index contributed by atoms with van der Waals surface area (Å²) in [4.78, 5) is 23.7. The maximum absolute atomic E-state index is 12.4. The first-order valence-corrected chi connectivity index (χ1v) is 6.99. The van der Waals surface area contributed by atoms with Gasteiger partial charge in [0, 0.05) is 5.69 Å². The van der Waals surface area contributed by atoms with Crippen molar-refractivity contribution in [1.29, 1.82) is 0 Å². The zero-order valence-electron chi connectivity index (χ0n) is 11.4. The van der Waals surface area contributed by atoms with Crippen LogP contribution in [0.15, 0.2) is 24.3 Å². The molecule has 0 radical (unpaired) electrons. The van der Waals surface area contributed by atoms with Crippen molar-refractivity contribution in [3.8, 4) is 0 Å². The molecule has 0 aliphatic carbocycles. The number of carbonyl (C=O) groups excluding carboxylic acids is 1. The van der Waals surface area contributed by atoms with E-state index in [1.54, 1.807) is 24.3 Å². The van der Waals surface area contributed by atoms with E-state index in [1.165, 1.54) is 0 Å². The number of rotatable bonds is 4. The molecule has 1 amide bonds. The maximum atomic E-state index is 12.4. The Balaban J connectivity index is 1.73. The lowest BCUT2D eigenvalue weighted by molar-refractivity contribution is -0.147. The molecular formula is C15H17NO5. The molecule has 21 heavy (non-hydrogen) atoms. The van der Waals surface area contributed by atoms with Crippen LogP contribution in [0.25, 0.3) is 0 Å². The van der Waals surface area contributed by atoms with E-state index in [0.717, 1.165) is 12.0 Å². The predicted molar refractivity (Wildman–Crippen MR) is 73.5 cm³/mol.